The molecule has 0 bridgehead atoms. The molecule has 0 saturated heterocycles. The molecule has 3 rings (SSSR count). The van der Waals surface area contributed by atoms with E-state index in [0.717, 1.165) is 0 Å². The molecule has 1 aromatic heterocycles. The molecule has 0 aliphatic rings. The number of hydrogen-bond acceptors (Lipinski definition) is 2. The Hall–Kier alpha value is -3.09. The van der Waals surface area contributed by atoms with E-state index in [1.165, 1.54) is 36.4 Å². The number of amides is 1. The Kier molecular flexibility index (Phi) is 4.56. The van der Waals surface area contributed by atoms with Crippen LogP contribution in [0.25, 0.3) is 5.69 Å². The highest BCUT2D eigenvalue weighted by Crippen LogP contribution is 2.32. The Morgan fingerprint density at radius 2 is 1.68 bits per heavy atom. The Morgan fingerprint density at radius 1 is 1.00 bits per heavy atom. The predicted octanol–water partition coefficient (Wildman–Crippen LogP) is 3.91. The van der Waals surface area contributed by atoms with E-state index in [0.29, 0.717) is 5.69 Å². The molecular weight excluding hydrogens is 331 g/mol. The van der Waals surface area contributed by atoms with Crippen LogP contribution in [0, 0.1) is 0 Å². The number of hydrogen-bond donors (Lipinski definition) is 1. The van der Waals surface area contributed by atoms with Gasteiger partial charge in [0.2, 0.25) is 0 Å². The van der Waals surface area contributed by atoms with Gasteiger partial charge in [-0.3, -0.25) is 4.79 Å². The summed E-state index contributed by atoms with van der Waals surface area (Å²) >= 11 is 0. The van der Waals surface area contributed by atoms with E-state index in [4.69, 9.17) is 0 Å². The minimum absolute atomic E-state index is 0.0171. The fraction of sp³-hybridized carbons (Fsp3) is 0.111. The third-order valence-electron chi connectivity index (χ3n) is 3.63. The molecule has 3 aromatic rings. The summed E-state index contributed by atoms with van der Waals surface area (Å²) in [4.78, 5) is 12.2. The van der Waals surface area contributed by atoms with Crippen LogP contribution in [0.1, 0.15) is 22.0 Å². The number of rotatable bonds is 4. The molecule has 128 valence electrons. The molecule has 0 spiro atoms. The van der Waals surface area contributed by atoms with Gasteiger partial charge in [-0.25, -0.2) is 4.68 Å². The second-order valence-electron chi connectivity index (χ2n) is 5.36. The molecule has 0 aliphatic heterocycles. The molecule has 0 saturated carbocycles. The van der Waals surface area contributed by atoms with Crippen LogP contribution < -0.4 is 5.32 Å². The smallest absolute Gasteiger partial charge is 0.337 e. The van der Waals surface area contributed by atoms with Crippen molar-refractivity contribution in [3.63, 3.8) is 0 Å². The minimum atomic E-state index is -4.59. The Bertz CT molecular complexity index is 828. The lowest BCUT2D eigenvalue weighted by Crippen LogP contribution is -2.38. The number of aromatic nitrogens is 2. The number of benzene rings is 2. The average Bonchev–Trinajstić information content (AvgIpc) is 3.14. The molecule has 1 atom stereocenters. The van der Waals surface area contributed by atoms with Gasteiger partial charge >= 0.3 is 6.18 Å². The number of halogens is 3. The van der Waals surface area contributed by atoms with Crippen molar-refractivity contribution in [3.05, 3.63) is 84.2 Å². The summed E-state index contributed by atoms with van der Waals surface area (Å²) in [6, 6.07) is 13.1. The second kappa shape index (κ2) is 6.80. The summed E-state index contributed by atoms with van der Waals surface area (Å²) in [6.45, 7) is 0. The summed E-state index contributed by atoms with van der Waals surface area (Å²) in [5.74, 6) is -0.793. The first-order chi connectivity index (χ1) is 11.9. The van der Waals surface area contributed by atoms with E-state index in [1.807, 2.05) is 0 Å². The monoisotopic (exact) mass is 345 g/mol. The molecule has 1 amide bonds. The van der Waals surface area contributed by atoms with Crippen LogP contribution in [0.4, 0.5) is 13.2 Å². The maximum absolute atomic E-state index is 13.3. The molecule has 7 heteroatoms. The molecule has 0 radical (unpaired) electrons. The molecule has 1 heterocycles. The number of nitrogens with zero attached hydrogens (tertiary/aromatic N) is 2. The molecule has 0 aliphatic carbocycles. The maximum atomic E-state index is 13.3. The first-order valence-corrected chi connectivity index (χ1v) is 7.48. The van der Waals surface area contributed by atoms with Crippen LogP contribution in [-0.4, -0.2) is 21.9 Å². The summed E-state index contributed by atoms with van der Waals surface area (Å²) < 4.78 is 41.5. The molecule has 2 aromatic carbocycles. The van der Waals surface area contributed by atoms with E-state index in [2.05, 4.69) is 10.4 Å². The van der Waals surface area contributed by atoms with Gasteiger partial charge in [-0.1, -0.05) is 30.3 Å². The van der Waals surface area contributed by atoms with E-state index in [9.17, 15) is 18.0 Å². The highest BCUT2D eigenvalue weighted by atomic mass is 19.4. The minimum Gasteiger partial charge on any atom is -0.337 e. The summed E-state index contributed by atoms with van der Waals surface area (Å²) in [5.41, 5.74) is 0.828. The Morgan fingerprint density at radius 3 is 2.24 bits per heavy atom. The van der Waals surface area contributed by atoms with E-state index in [1.54, 1.807) is 41.3 Å². The van der Waals surface area contributed by atoms with Gasteiger partial charge in [0.15, 0.2) is 6.04 Å². The van der Waals surface area contributed by atoms with Crippen LogP contribution in [0.5, 0.6) is 0 Å². The SMILES string of the molecule is O=C(NC(c1ccccc1)C(F)(F)F)c1ccc(-n2cccn2)cc1. The number of alkyl halides is 3. The second-order valence-corrected chi connectivity index (χ2v) is 5.36. The number of nitrogens with one attached hydrogen (secondary N) is 1. The first-order valence-electron chi connectivity index (χ1n) is 7.48. The van der Waals surface area contributed by atoms with Gasteiger partial charge in [0.25, 0.3) is 5.91 Å². The van der Waals surface area contributed by atoms with Crippen molar-refractivity contribution in [3.8, 4) is 5.69 Å². The van der Waals surface area contributed by atoms with Gasteiger partial charge in [0, 0.05) is 18.0 Å². The third kappa shape index (κ3) is 3.88. The Balaban J connectivity index is 1.80. The van der Waals surface area contributed by atoms with Gasteiger partial charge in [-0.15, -0.1) is 0 Å². The molecule has 4 nitrogen and oxygen atoms in total. The van der Waals surface area contributed by atoms with Crippen molar-refractivity contribution >= 4 is 5.91 Å². The van der Waals surface area contributed by atoms with E-state index < -0.39 is 18.1 Å². The normalized spacial score (nSPS) is 12.6. The third-order valence-corrected chi connectivity index (χ3v) is 3.63. The van der Waals surface area contributed by atoms with Crippen LogP contribution in [0.2, 0.25) is 0 Å². The fourth-order valence-corrected chi connectivity index (χ4v) is 2.40. The van der Waals surface area contributed by atoms with Gasteiger partial charge in [-0.2, -0.15) is 18.3 Å². The lowest BCUT2D eigenvalue weighted by molar-refractivity contribution is -0.155. The predicted molar refractivity (Wildman–Crippen MR) is 86.3 cm³/mol. The molecule has 1 N–H and O–H groups in total. The molecular formula is C18H14F3N3O. The van der Waals surface area contributed by atoms with Crippen molar-refractivity contribution in [1.82, 2.24) is 15.1 Å². The molecule has 0 fully saturated rings. The van der Waals surface area contributed by atoms with Crippen molar-refractivity contribution < 1.29 is 18.0 Å². The number of carbonyl (C=O) groups is 1. The van der Waals surface area contributed by atoms with Gasteiger partial charge in [0.05, 0.1) is 5.69 Å². The number of carbonyl (C=O) groups excluding carboxylic acids is 1. The highest BCUT2D eigenvalue weighted by Gasteiger charge is 2.41. The van der Waals surface area contributed by atoms with Crippen LogP contribution in [-0.2, 0) is 0 Å². The van der Waals surface area contributed by atoms with E-state index in [-0.39, 0.29) is 11.1 Å². The van der Waals surface area contributed by atoms with Crippen molar-refractivity contribution in [2.45, 2.75) is 12.2 Å². The first kappa shape index (κ1) is 16.8. The summed E-state index contributed by atoms with van der Waals surface area (Å²) in [6.07, 6.45) is -1.26. The summed E-state index contributed by atoms with van der Waals surface area (Å²) in [5, 5.41) is 6.11. The van der Waals surface area contributed by atoms with Gasteiger partial charge < -0.3 is 5.32 Å². The van der Waals surface area contributed by atoms with E-state index >= 15 is 0 Å². The van der Waals surface area contributed by atoms with Crippen molar-refractivity contribution in [1.29, 1.82) is 0 Å². The zero-order valence-corrected chi connectivity index (χ0v) is 12.9. The largest absolute Gasteiger partial charge is 0.412 e. The zero-order chi connectivity index (χ0) is 17.9. The zero-order valence-electron chi connectivity index (χ0n) is 12.9. The van der Waals surface area contributed by atoms with Gasteiger partial charge in [-0.05, 0) is 35.9 Å². The standard InChI is InChI=1S/C18H14F3N3O/c19-18(20,21)16(13-5-2-1-3-6-13)23-17(25)14-7-9-15(10-8-14)24-12-4-11-22-24/h1-12,16H,(H,23,25). The lowest BCUT2D eigenvalue weighted by Gasteiger charge is -2.22. The molecule has 1 unspecified atom stereocenters. The average molecular weight is 345 g/mol. The van der Waals surface area contributed by atoms with Crippen LogP contribution >= 0.6 is 0 Å². The van der Waals surface area contributed by atoms with Crippen LogP contribution in [0.3, 0.4) is 0 Å². The van der Waals surface area contributed by atoms with Crippen molar-refractivity contribution in [2.24, 2.45) is 0 Å². The highest BCUT2D eigenvalue weighted by molar-refractivity contribution is 5.94. The topological polar surface area (TPSA) is 46.9 Å². The maximum Gasteiger partial charge on any atom is 0.412 e. The molecule has 25 heavy (non-hydrogen) atoms. The summed E-state index contributed by atoms with van der Waals surface area (Å²) in [7, 11) is 0. The van der Waals surface area contributed by atoms with Crippen LogP contribution in [0.15, 0.2) is 73.1 Å². The Labute approximate surface area is 141 Å². The van der Waals surface area contributed by atoms with Gasteiger partial charge in [0.1, 0.15) is 0 Å². The van der Waals surface area contributed by atoms with Crippen molar-refractivity contribution in [2.75, 3.05) is 0 Å². The lowest BCUT2D eigenvalue weighted by atomic mass is 10.1. The quantitative estimate of drug-likeness (QED) is 0.779. The fourth-order valence-electron chi connectivity index (χ4n) is 2.40.